The number of nitro benzene ring substituents is 1. The largest absolute Gasteiger partial charge is 0.341 e. The third-order valence-corrected chi connectivity index (χ3v) is 5.54. The molecule has 4 rings (SSSR count). The van der Waals surface area contributed by atoms with Gasteiger partial charge in [-0.2, -0.15) is 0 Å². The molecule has 0 bridgehead atoms. The van der Waals surface area contributed by atoms with Crippen LogP contribution in [0.4, 0.5) is 5.69 Å². The van der Waals surface area contributed by atoms with E-state index in [0.717, 1.165) is 22.3 Å². The van der Waals surface area contributed by atoms with Crippen molar-refractivity contribution in [1.29, 1.82) is 0 Å². The Balaban J connectivity index is 1.75. The van der Waals surface area contributed by atoms with Gasteiger partial charge in [0.15, 0.2) is 0 Å². The molecule has 0 fully saturated rings. The fourth-order valence-electron chi connectivity index (χ4n) is 3.76. The van der Waals surface area contributed by atoms with Crippen molar-refractivity contribution < 1.29 is 9.72 Å². The molecule has 1 atom stereocenters. The first-order valence-corrected chi connectivity index (χ1v) is 11.0. The van der Waals surface area contributed by atoms with E-state index in [0.29, 0.717) is 11.1 Å². The first kappa shape index (κ1) is 22.7. The van der Waals surface area contributed by atoms with Gasteiger partial charge < -0.3 is 5.32 Å². The van der Waals surface area contributed by atoms with E-state index in [1.54, 1.807) is 18.2 Å². The van der Waals surface area contributed by atoms with Crippen molar-refractivity contribution >= 4 is 23.2 Å². The standard InChI is InChI=1S/C29H24N2O3/c1-21-15-17-25(18-16-21)28(24-12-6-3-7-13-24)30-29(32)27(23-10-4-2-5-11-23)20-22-9-8-14-26(19-22)31(33)34/h2-20,28H,1H3,(H,30,32)/b27-20+/t28-/m1/s1. The molecule has 34 heavy (non-hydrogen) atoms. The lowest BCUT2D eigenvalue weighted by Gasteiger charge is -2.21. The van der Waals surface area contributed by atoms with E-state index < -0.39 is 4.92 Å². The number of carbonyl (C=O) groups is 1. The number of non-ortho nitro benzene ring substituents is 1. The van der Waals surface area contributed by atoms with Gasteiger partial charge in [-0.25, -0.2) is 0 Å². The van der Waals surface area contributed by atoms with Crippen LogP contribution in [0.1, 0.15) is 33.9 Å². The quantitative estimate of drug-likeness (QED) is 0.155. The molecule has 0 spiro atoms. The number of hydrogen-bond acceptors (Lipinski definition) is 3. The highest BCUT2D eigenvalue weighted by Crippen LogP contribution is 2.26. The van der Waals surface area contributed by atoms with Crippen LogP contribution in [0.5, 0.6) is 0 Å². The van der Waals surface area contributed by atoms with Crippen molar-refractivity contribution in [2.75, 3.05) is 0 Å². The molecule has 5 nitrogen and oxygen atoms in total. The van der Waals surface area contributed by atoms with E-state index in [4.69, 9.17) is 0 Å². The third-order valence-electron chi connectivity index (χ3n) is 5.54. The van der Waals surface area contributed by atoms with Crippen LogP contribution in [0.2, 0.25) is 0 Å². The third kappa shape index (κ3) is 5.45. The fourth-order valence-corrected chi connectivity index (χ4v) is 3.76. The minimum atomic E-state index is -0.442. The molecule has 1 N–H and O–H groups in total. The zero-order chi connectivity index (χ0) is 23.9. The normalized spacial score (nSPS) is 12.1. The van der Waals surface area contributed by atoms with Crippen molar-refractivity contribution in [2.24, 2.45) is 0 Å². The number of hydrogen-bond donors (Lipinski definition) is 1. The van der Waals surface area contributed by atoms with Crippen LogP contribution in [-0.2, 0) is 4.79 Å². The molecule has 0 saturated carbocycles. The number of carbonyl (C=O) groups excluding carboxylic acids is 1. The summed E-state index contributed by atoms with van der Waals surface area (Å²) in [6.07, 6.45) is 1.69. The van der Waals surface area contributed by atoms with E-state index in [9.17, 15) is 14.9 Å². The first-order valence-electron chi connectivity index (χ1n) is 11.0. The number of aryl methyl sites for hydroxylation is 1. The summed E-state index contributed by atoms with van der Waals surface area (Å²) >= 11 is 0. The van der Waals surface area contributed by atoms with Gasteiger partial charge in [-0.15, -0.1) is 0 Å². The number of rotatable bonds is 7. The van der Waals surface area contributed by atoms with Crippen LogP contribution in [0.3, 0.4) is 0 Å². The monoisotopic (exact) mass is 448 g/mol. The van der Waals surface area contributed by atoms with E-state index in [1.165, 1.54) is 12.1 Å². The Hall–Kier alpha value is -4.51. The Kier molecular flexibility index (Phi) is 6.94. The van der Waals surface area contributed by atoms with Crippen LogP contribution < -0.4 is 5.32 Å². The zero-order valence-electron chi connectivity index (χ0n) is 18.7. The van der Waals surface area contributed by atoms with Crippen molar-refractivity contribution in [1.82, 2.24) is 5.32 Å². The molecule has 0 saturated heterocycles. The smallest absolute Gasteiger partial charge is 0.270 e. The van der Waals surface area contributed by atoms with E-state index in [1.807, 2.05) is 91.9 Å². The summed E-state index contributed by atoms with van der Waals surface area (Å²) in [6.45, 7) is 2.02. The van der Waals surface area contributed by atoms with Gasteiger partial charge in [0.25, 0.3) is 11.6 Å². The van der Waals surface area contributed by atoms with Gasteiger partial charge in [0.05, 0.1) is 11.0 Å². The summed E-state index contributed by atoms with van der Waals surface area (Å²) in [5, 5.41) is 14.4. The van der Waals surface area contributed by atoms with Crippen LogP contribution in [0.25, 0.3) is 11.6 Å². The minimum absolute atomic E-state index is 0.0246. The highest BCUT2D eigenvalue weighted by Gasteiger charge is 2.20. The van der Waals surface area contributed by atoms with E-state index in [-0.39, 0.29) is 17.6 Å². The fraction of sp³-hybridized carbons (Fsp3) is 0.0690. The average molecular weight is 449 g/mol. The first-order chi connectivity index (χ1) is 16.5. The second-order valence-corrected chi connectivity index (χ2v) is 8.00. The van der Waals surface area contributed by atoms with Gasteiger partial charge in [0.2, 0.25) is 0 Å². The molecule has 0 aliphatic heterocycles. The summed E-state index contributed by atoms with van der Waals surface area (Å²) in [5.74, 6) is -0.271. The molecular formula is C29H24N2O3. The predicted octanol–water partition coefficient (Wildman–Crippen LogP) is 6.35. The van der Waals surface area contributed by atoms with Crippen LogP contribution in [-0.4, -0.2) is 10.8 Å². The Morgan fingerprint density at radius 1 is 0.824 bits per heavy atom. The lowest BCUT2D eigenvalue weighted by Crippen LogP contribution is -2.30. The zero-order valence-corrected chi connectivity index (χ0v) is 18.7. The maximum Gasteiger partial charge on any atom is 0.270 e. The maximum absolute atomic E-state index is 13.7. The predicted molar refractivity (Wildman–Crippen MR) is 135 cm³/mol. The average Bonchev–Trinajstić information content (AvgIpc) is 2.87. The number of benzene rings is 4. The Morgan fingerprint density at radius 3 is 2.09 bits per heavy atom. The van der Waals surface area contributed by atoms with E-state index >= 15 is 0 Å². The molecule has 0 unspecified atom stereocenters. The van der Waals surface area contributed by atoms with Crippen molar-refractivity contribution in [3.05, 3.63) is 147 Å². The molecule has 5 heteroatoms. The molecule has 0 heterocycles. The minimum Gasteiger partial charge on any atom is -0.341 e. The highest BCUT2D eigenvalue weighted by atomic mass is 16.6. The van der Waals surface area contributed by atoms with Gasteiger partial charge in [-0.05, 0) is 35.3 Å². The topological polar surface area (TPSA) is 72.2 Å². The SMILES string of the molecule is Cc1ccc([C@H](NC(=O)/C(=C/c2cccc([N+](=O)[O-])c2)c2ccccc2)c2ccccc2)cc1. The number of nitro groups is 1. The maximum atomic E-state index is 13.7. The van der Waals surface area contributed by atoms with Gasteiger partial charge in [-0.3, -0.25) is 14.9 Å². The number of amides is 1. The van der Waals surface area contributed by atoms with Crippen LogP contribution in [0, 0.1) is 17.0 Å². The molecule has 0 radical (unpaired) electrons. The Morgan fingerprint density at radius 2 is 1.44 bits per heavy atom. The van der Waals surface area contributed by atoms with E-state index in [2.05, 4.69) is 5.32 Å². The summed E-state index contributed by atoms with van der Waals surface area (Å²) in [4.78, 5) is 24.5. The molecule has 0 aliphatic carbocycles. The van der Waals surface area contributed by atoms with Crippen LogP contribution >= 0.6 is 0 Å². The van der Waals surface area contributed by atoms with Gasteiger partial charge in [0, 0.05) is 17.7 Å². The second kappa shape index (κ2) is 10.4. The van der Waals surface area contributed by atoms with Crippen molar-refractivity contribution in [3.63, 3.8) is 0 Å². The molecule has 4 aromatic rings. The molecule has 168 valence electrons. The van der Waals surface area contributed by atoms with Gasteiger partial charge >= 0.3 is 0 Å². The summed E-state index contributed by atoms with van der Waals surface area (Å²) < 4.78 is 0. The van der Waals surface area contributed by atoms with Crippen LogP contribution in [0.15, 0.2) is 109 Å². The van der Waals surface area contributed by atoms with Crippen molar-refractivity contribution in [3.8, 4) is 0 Å². The second-order valence-electron chi connectivity index (χ2n) is 8.00. The van der Waals surface area contributed by atoms with Gasteiger partial charge in [0.1, 0.15) is 0 Å². The highest BCUT2D eigenvalue weighted by molar-refractivity contribution is 6.24. The molecule has 1 amide bonds. The summed E-state index contributed by atoms with van der Waals surface area (Å²) in [5.41, 5.74) is 4.77. The van der Waals surface area contributed by atoms with Gasteiger partial charge in [-0.1, -0.05) is 103 Å². The molecule has 4 aromatic carbocycles. The Labute approximate surface area is 198 Å². The Bertz CT molecular complexity index is 1310. The van der Waals surface area contributed by atoms with Crippen molar-refractivity contribution in [2.45, 2.75) is 13.0 Å². The molecule has 0 aromatic heterocycles. The molecule has 0 aliphatic rings. The lowest BCUT2D eigenvalue weighted by molar-refractivity contribution is -0.384. The molecular weight excluding hydrogens is 424 g/mol. The lowest BCUT2D eigenvalue weighted by atomic mass is 9.96. The summed E-state index contributed by atoms with van der Waals surface area (Å²) in [6, 6.07) is 33.1. The number of nitrogens with zero attached hydrogens (tertiary/aromatic N) is 1. The summed E-state index contributed by atoms with van der Waals surface area (Å²) in [7, 11) is 0. The number of nitrogens with one attached hydrogen (secondary N) is 1.